The lowest BCUT2D eigenvalue weighted by molar-refractivity contribution is -0.145. The summed E-state index contributed by atoms with van der Waals surface area (Å²) in [7, 11) is 1.32. The standard InChI is InChI=1S/C16H20F2O3/c1-10-8-11(14(17)18)13(21-2)12(9-10)16(15(19)20)6-4-3-5-7-16/h8-9,14H,3-7H2,1-2H3,(H,19,20). The van der Waals surface area contributed by atoms with Crippen molar-refractivity contribution >= 4 is 5.97 Å². The average Bonchev–Trinajstić information content (AvgIpc) is 2.46. The van der Waals surface area contributed by atoms with Crippen LogP contribution in [0.15, 0.2) is 12.1 Å². The van der Waals surface area contributed by atoms with Crippen LogP contribution >= 0.6 is 0 Å². The molecule has 0 atom stereocenters. The second-order valence-electron chi connectivity index (χ2n) is 5.68. The minimum Gasteiger partial charge on any atom is -0.496 e. The highest BCUT2D eigenvalue weighted by molar-refractivity contribution is 5.83. The first kappa shape index (κ1) is 15.7. The Kier molecular flexibility index (Phi) is 4.49. The summed E-state index contributed by atoms with van der Waals surface area (Å²) in [4.78, 5) is 11.9. The minimum atomic E-state index is -2.69. The first-order valence-corrected chi connectivity index (χ1v) is 7.13. The molecule has 2 rings (SSSR count). The van der Waals surface area contributed by atoms with Crippen LogP contribution in [0.3, 0.4) is 0 Å². The molecular formula is C16H20F2O3. The number of carboxylic acids is 1. The van der Waals surface area contributed by atoms with E-state index in [0.717, 1.165) is 19.3 Å². The summed E-state index contributed by atoms with van der Waals surface area (Å²) in [6.45, 7) is 1.70. The molecule has 0 bridgehead atoms. The molecule has 1 aliphatic carbocycles. The molecule has 1 fully saturated rings. The molecule has 0 unspecified atom stereocenters. The highest BCUT2D eigenvalue weighted by atomic mass is 19.3. The van der Waals surface area contributed by atoms with E-state index in [4.69, 9.17) is 4.74 Å². The third kappa shape index (κ3) is 2.74. The summed E-state index contributed by atoms with van der Waals surface area (Å²) >= 11 is 0. The predicted octanol–water partition coefficient (Wildman–Crippen LogP) is 4.23. The molecule has 3 nitrogen and oxygen atoms in total. The van der Waals surface area contributed by atoms with E-state index in [9.17, 15) is 18.7 Å². The number of ether oxygens (including phenoxy) is 1. The molecule has 0 amide bonds. The smallest absolute Gasteiger partial charge is 0.314 e. The first-order valence-electron chi connectivity index (χ1n) is 7.13. The number of hydrogen-bond donors (Lipinski definition) is 1. The monoisotopic (exact) mass is 298 g/mol. The fourth-order valence-electron chi connectivity index (χ4n) is 3.30. The van der Waals surface area contributed by atoms with Gasteiger partial charge in [-0.05, 0) is 25.8 Å². The van der Waals surface area contributed by atoms with Crippen molar-refractivity contribution in [3.8, 4) is 5.75 Å². The van der Waals surface area contributed by atoms with Gasteiger partial charge in [-0.15, -0.1) is 0 Å². The molecule has 21 heavy (non-hydrogen) atoms. The summed E-state index contributed by atoms with van der Waals surface area (Å²) in [6.07, 6.45) is 0.787. The fourth-order valence-corrected chi connectivity index (χ4v) is 3.30. The van der Waals surface area contributed by atoms with Gasteiger partial charge in [0, 0.05) is 5.56 Å². The number of aryl methyl sites for hydroxylation is 1. The average molecular weight is 298 g/mol. The molecule has 1 saturated carbocycles. The Labute approximate surface area is 122 Å². The van der Waals surface area contributed by atoms with E-state index in [1.807, 2.05) is 0 Å². The Balaban J connectivity index is 2.67. The van der Waals surface area contributed by atoms with Gasteiger partial charge >= 0.3 is 5.97 Å². The van der Waals surface area contributed by atoms with Gasteiger partial charge in [-0.3, -0.25) is 4.79 Å². The van der Waals surface area contributed by atoms with Gasteiger partial charge in [0.2, 0.25) is 0 Å². The Hall–Kier alpha value is -1.65. The molecule has 116 valence electrons. The van der Waals surface area contributed by atoms with Crippen LogP contribution in [-0.2, 0) is 10.2 Å². The summed E-state index contributed by atoms with van der Waals surface area (Å²) in [5, 5.41) is 9.74. The van der Waals surface area contributed by atoms with Crippen LogP contribution in [-0.4, -0.2) is 18.2 Å². The van der Waals surface area contributed by atoms with E-state index < -0.39 is 17.8 Å². The maximum absolute atomic E-state index is 13.2. The van der Waals surface area contributed by atoms with Gasteiger partial charge in [-0.2, -0.15) is 0 Å². The molecular weight excluding hydrogens is 278 g/mol. The first-order chi connectivity index (χ1) is 9.92. The van der Waals surface area contributed by atoms with E-state index in [1.54, 1.807) is 13.0 Å². The van der Waals surface area contributed by atoms with E-state index in [2.05, 4.69) is 0 Å². The molecule has 1 aromatic rings. The van der Waals surface area contributed by atoms with Crippen LogP contribution in [0.2, 0.25) is 0 Å². The maximum Gasteiger partial charge on any atom is 0.314 e. The molecule has 0 heterocycles. The van der Waals surface area contributed by atoms with Gasteiger partial charge in [0.25, 0.3) is 6.43 Å². The lowest BCUT2D eigenvalue weighted by Gasteiger charge is -2.35. The Bertz CT molecular complexity index is 535. The third-order valence-corrected chi connectivity index (χ3v) is 4.33. The second-order valence-corrected chi connectivity index (χ2v) is 5.68. The molecule has 1 aromatic carbocycles. The van der Waals surface area contributed by atoms with Gasteiger partial charge in [-0.25, -0.2) is 8.78 Å². The number of carbonyl (C=O) groups is 1. The molecule has 0 aliphatic heterocycles. The Morgan fingerprint density at radius 3 is 2.38 bits per heavy atom. The van der Waals surface area contributed by atoms with Crippen molar-refractivity contribution in [2.75, 3.05) is 7.11 Å². The Morgan fingerprint density at radius 2 is 1.90 bits per heavy atom. The van der Waals surface area contributed by atoms with Crippen molar-refractivity contribution in [2.24, 2.45) is 0 Å². The number of carboxylic acid groups (broad SMARTS) is 1. The van der Waals surface area contributed by atoms with Gasteiger partial charge in [0.15, 0.2) is 0 Å². The predicted molar refractivity (Wildman–Crippen MR) is 75.1 cm³/mol. The number of benzene rings is 1. The number of halogens is 2. The van der Waals surface area contributed by atoms with Crippen LogP contribution < -0.4 is 4.74 Å². The zero-order valence-corrected chi connectivity index (χ0v) is 12.3. The van der Waals surface area contributed by atoms with E-state index in [-0.39, 0.29) is 11.3 Å². The number of aliphatic carboxylic acids is 1. The van der Waals surface area contributed by atoms with Crippen molar-refractivity contribution in [2.45, 2.75) is 50.9 Å². The van der Waals surface area contributed by atoms with Crippen molar-refractivity contribution in [3.63, 3.8) is 0 Å². The number of methoxy groups -OCH3 is 1. The van der Waals surface area contributed by atoms with E-state index in [0.29, 0.717) is 24.0 Å². The summed E-state index contributed by atoms with van der Waals surface area (Å²) in [5.74, 6) is -0.925. The van der Waals surface area contributed by atoms with Crippen LogP contribution in [0, 0.1) is 6.92 Å². The Morgan fingerprint density at radius 1 is 1.29 bits per heavy atom. The highest BCUT2D eigenvalue weighted by Crippen LogP contribution is 2.46. The summed E-state index contributed by atoms with van der Waals surface area (Å²) < 4.78 is 31.7. The molecule has 1 aliphatic rings. The highest BCUT2D eigenvalue weighted by Gasteiger charge is 2.44. The maximum atomic E-state index is 13.2. The minimum absolute atomic E-state index is 0.0277. The fraction of sp³-hybridized carbons (Fsp3) is 0.562. The summed E-state index contributed by atoms with van der Waals surface area (Å²) in [5.41, 5.74) is -0.308. The van der Waals surface area contributed by atoms with Crippen LogP contribution in [0.25, 0.3) is 0 Å². The van der Waals surface area contributed by atoms with Crippen LogP contribution in [0.4, 0.5) is 8.78 Å². The molecule has 0 radical (unpaired) electrons. The number of alkyl halides is 2. The normalized spacial score (nSPS) is 17.8. The zero-order chi connectivity index (χ0) is 15.6. The van der Waals surface area contributed by atoms with Crippen molar-refractivity contribution in [1.29, 1.82) is 0 Å². The topological polar surface area (TPSA) is 46.5 Å². The summed E-state index contributed by atoms with van der Waals surface area (Å²) in [6, 6.07) is 3.05. The SMILES string of the molecule is COc1c(C(F)F)cc(C)cc1C1(C(=O)O)CCCCC1. The largest absolute Gasteiger partial charge is 0.496 e. The molecule has 0 saturated heterocycles. The second kappa shape index (κ2) is 6.00. The lowest BCUT2D eigenvalue weighted by atomic mass is 9.68. The molecule has 0 aromatic heterocycles. The quantitative estimate of drug-likeness (QED) is 0.905. The third-order valence-electron chi connectivity index (χ3n) is 4.33. The van der Waals surface area contributed by atoms with E-state index in [1.165, 1.54) is 13.2 Å². The van der Waals surface area contributed by atoms with Crippen LogP contribution in [0.5, 0.6) is 5.75 Å². The van der Waals surface area contributed by atoms with Crippen molar-refractivity contribution in [3.05, 3.63) is 28.8 Å². The van der Waals surface area contributed by atoms with Crippen LogP contribution in [0.1, 0.15) is 55.2 Å². The van der Waals surface area contributed by atoms with E-state index >= 15 is 0 Å². The molecule has 5 heteroatoms. The van der Waals surface area contributed by atoms with Crippen molar-refractivity contribution < 1.29 is 23.4 Å². The number of hydrogen-bond acceptors (Lipinski definition) is 2. The van der Waals surface area contributed by atoms with Gasteiger partial charge < -0.3 is 9.84 Å². The van der Waals surface area contributed by atoms with Gasteiger partial charge in [0.05, 0.1) is 18.1 Å². The molecule has 1 N–H and O–H groups in total. The lowest BCUT2D eigenvalue weighted by Crippen LogP contribution is -2.38. The van der Waals surface area contributed by atoms with Crippen molar-refractivity contribution in [1.82, 2.24) is 0 Å². The number of rotatable bonds is 4. The zero-order valence-electron chi connectivity index (χ0n) is 12.3. The van der Waals surface area contributed by atoms with Gasteiger partial charge in [-0.1, -0.05) is 30.9 Å². The van der Waals surface area contributed by atoms with Gasteiger partial charge in [0.1, 0.15) is 5.75 Å². The molecule has 0 spiro atoms.